The van der Waals surface area contributed by atoms with E-state index in [1.807, 2.05) is 0 Å². The smallest absolute Gasteiger partial charge is 0.383 e. The second kappa shape index (κ2) is 7.42. The van der Waals surface area contributed by atoms with Crippen LogP contribution in [0.15, 0.2) is 35.5 Å². The number of nitrogens with two attached hydrogens (primary N) is 1. The van der Waals surface area contributed by atoms with Crippen LogP contribution in [0.2, 0.25) is 0 Å². The van der Waals surface area contributed by atoms with Gasteiger partial charge >= 0.3 is 6.18 Å². The molecule has 0 unspecified atom stereocenters. The van der Waals surface area contributed by atoms with E-state index in [0.29, 0.717) is 19.2 Å². The Bertz CT molecular complexity index is 834. The average Bonchev–Trinajstić information content (AvgIpc) is 3.01. The van der Waals surface area contributed by atoms with Crippen LogP contribution in [0.5, 0.6) is 0 Å². The summed E-state index contributed by atoms with van der Waals surface area (Å²) >= 11 is 0. The quantitative estimate of drug-likeness (QED) is 0.766. The molecule has 1 aromatic carbocycles. The minimum absolute atomic E-state index is 0.156. The van der Waals surface area contributed by atoms with Gasteiger partial charge in [0.2, 0.25) is 0 Å². The number of alkyl halides is 3. The molecule has 0 saturated carbocycles. The predicted molar refractivity (Wildman–Crippen MR) is 84.2 cm³/mol. The number of halogens is 3. The standard InChI is InChI=1S/C14H17F3N4O3S/c1-24-3-2-21-9-13(8-19-21)25(22,23)20-12-5-10(7-18)4-11(6-12)14(15,16)17/h4-6,8-9,20H,2-3,7,18H2,1H3. The Morgan fingerprint density at radius 2 is 2.04 bits per heavy atom. The molecule has 0 atom stereocenters. The van der Waals surface area contributed by atoms with E-state index in [1.165, 1.54) is 24.1 Å². The van der Waals surface area contributed by atoms with Crippen LogP contribution >= 0.6 is 0 Å². The topological polar surface area (TPSA) is 99.2 Å². The predicted octanol–water partition coefficient (Wildman–Crippen LogP) is 1.81. The third kappa shape index (κ3) is 4.94. The molecule has 0 fully saturated rings. The van der Waals surface area contributed by atoms with E-state index >= 15 is 0 Å². The molecular weight excluding hydrogens is 361 g/mol. The summed E-state index contributed by atoms with van der Waals surface area (Å²) in [6.45, 7) is 0.516. The van der Waals surface area contributed by atoms with Gasteiger partial charge in [-0.25, -0.2) is 8.42 Å². The number of benzene rings is 1. The summed E-state index contributed by atoms with van der Waals surface area (Å²) in [5, 5.41) is 3.87. The lowest BCUT2D eigenvalue weighted by Gasteiger charge is -2.13. The van der Waals surface area contributed by atoms with Crippen molar-refractivity contribution in [1.82, 2.24) is 9.78 Å². The molecule has 0 amide bonds. The number of ether oxygens (including phenoxy) is 1. The highest BCUT2D eigenvalue weighted by molar-refractivity contribution is 7.92. The monoisotopic (exact) mass is 378 g/mol. The number of hydrogen-bond acceptors (Lipinski definition) is 5. The normalized spacial score (nSPS) is 12.4. The van der Waals surface area contributed by atoms with Crippen LogP contribution in [0.4, 0.5) is 18.9 Å². The van der Waals surface area contributed by atoms with Crippen LogP contribution in [0.25, 0.3) is 0 Å². The van der Waals surface area contributed by atoms with Crippen LogP contribution in [0.1, 0.15) is 11.1 Å². The third-order valence-corrected chi connectivity index (χ3v) is 4.59. The molecule has 0 aliphatic heterocycles. The molecule has 0 spiro atoms. The SMILES string of the molecule is COCCn1cc(S(=O)(=O)Nc2cc(CN)cc(C(F)(F)F)c2)cn1. The lowest BCUT2D eigenvalue weighted by Crippen LogP contribution is -2.15. The first-order chi connectivity index (χ1) is 11.7. The lowest BCUT2D eigenvalue weighted by molar-refractivity contribution is -0.137. The van der Waals surface area contributed by atoms with E-state index < -0.39 is 21.8 Å². The number of hydrogen-bond donors (Lipinski definition) is 2. The molecule has 11 heteroatoms. The minimum atomic E-state index is -4.61. The highest BCUT2D eigenvalue weighted by atomic mass is 32.2. The largest absolute Gasteiger partial charge is 0.416 e. The van der Waals surface area contributed by atoms with Gasteiger partial charge in [0.25, 0.3) is 10.0 Å². The van der Waals surface area contributed by atoms with Gasteiger partial charge in [0.1, 0.15) is 4.90 Å². The van der Waals surface area contributed by atoms with E-state index in [4.69, 9.17) is 10.5 Å². The summed E-state index contributed by atoms with van der Waals surface area (Å²) in [6, 6.07) is 2.84. The van der Waals surface area contributed by atoms with Crippen LogP contribution in [-0.2, 0) is 34.0 Å². The van der Waals surface area contributed by atoms with Crippen molar-refractivity contribution in [3.63, 3.8) is 0 Å². The second-order valence-electron chi connectivity index (χ2n) is 5.16. The molecule has 2 aromatic rings. The summed E-state index contributed by atoms with van der Waals surface area (Å²) < 4.78 is 71.8. The van der Waals surface area contributed by atoms with E-state index in [2.05, 4.69) is 9.82 Å². The van der Waals surface area contributed by atoms with Gasteiger partial charge in [-0.1, -0.05) is 0 Å². The number of sulfonamides is 1. The van der Waals surface area contributed by atoms with Crippen LogP contribution in [-0.4, -0.2) is 31.9 Å². The number of nitrogens with one attached hydrogen (secondary N) is 1. The van der Waals surface area contributed by atoms with Gasteiger partial charge in [0, 0.05) is 25.5 Å². The first kappa shape index (κ1) is 19.2. The Morgan fingerprint density at radius 3 is 2.64 bits per heavy atom. The zero-order valence-electron chi connectivity index (χ0n) is 13.2. The zero-order chi connectivity index (χ0) is 18.7. The van der Waals surface area contributed by atoms with Gasteiger partial charge in [-0.15, -0.1) is 0 Å². The fourth-order valence-electron chi connectivity index (χ4n) is 2.04. The number of anilines is 1. The van der Waals surface area contributed by atoms with Gasteiger partial charge in [-0.2, -0.15) is 18.3 Å². The molecule has 138 valence electrons. The summed E-state index contributed by atoms with van der Waals surface area (Å²) in [5.74, 6) is 0. The van der Waals surface area contributed by atoms with E-state index in [0.717, 1.165) is 12.3 Å². The Balaban J connectivity index is 2.29. The van der Waals surface area contributed by atoms with Crippen molar-refractivity contribution < 1.29 is 26.3 Å². The molecule has 7 nitrogen and oxygen atoms in total. The summed E-state index contributed by atoms with van der Waals surface area (Å²) in [5.41, 5.74) is 4.34. The Morgan fingerprint density at radius 1 is 1.32 bits per heavy atom. The molecule has 25 heavy (non-hydrogen) atoms. The number of methoxy groups -OCH3 is 1. The van der Waals surface area contributed by atoms with Crippen molar-refractivity contribution in [2.24, 2.45) is 5.73 Å². The van der Waals surface area contributed by atoms with Crippen LogP contribution in [0, 0.1) is 0 Å². The molecule has 0 radical (unpaired) electrons. The molecule has 0 saturated heterocycles. The first-order valence-electron chi connectivity index (χ1n) is 7.11. The Labute approximate surface area is 142 Å². The highest BCUT2D eigenvalue weighted by Crippen LogP contribution is 2.32. The van der Waals surface area contributed by atoms with Gasteiger partial charge in [-0.05, 0) is 23.8 Å². The first-order valence-corrected chi connectivity index (χ1v) is 8.59. The minimum Gasteiger partial charge on any atom is -0.383 e. The maximum absolute atomic E-state index is 12.9. The van der Waals surface area contributed by atoms with Crippen molar-refractivity contribution in [1.29, 1.82) is 0 Å². The average molecular weight is 378 g/mol. The van der Waals surface area contributed by atoms with Crippen molar-refractivity contribution in [3.8, 4) is 0 Å². The maximum atomic E-state index is 12.9. The summed E-state index contributed by atoms with van der Waals surface area (Å²) in [6.07, 6.45) is -2.25. The Kier molecular flexibility index (Phi) is 5.70. The van der Waals surface area contributed by atoms with Crippen molar-refractivity contribution in [3.05, 3.63) is 41.7 Å². The third-order valence-electron chi connectivity index (χ3n) is 3.25. The van der Waals surface area contributed by atoms with Crippen molar-refractivity contribution >= 4 is 15.7 Å². The van der Waals surface area contributed by atoms with Crippen molar-refractivity contribution in [2.75, 3.05) is 18.4 Å². The highest BCUT2D eigenvalue weighted by Gasteiger charge is 2.31. The van der Waals surface area contributed by atoms with E-state index in [1.54, 1.807) is 0 Å². The molecule has 0 aliphatic rings. The molecule has 0 aliphatic carbocycles. The van der Waals surface area contributed by atoms with E-state index in [-0.39, 0.29) is 22.7 Å². The molecule has 1 aromatic heterocycles. The fraction of sp³-hybridized carbons (Fsp3) is 0.357. The summed E-state index contributed by atoms with van der Waals surface area (Å²) in [7, 11) is -2.60. The van der Waals surface area contributed by atoms with Crippen LogP contribution < -0.4 is 10.5 Å². The van der Waals surface area contributed by atoms with Gasteiger partial charge in [-0.3, -0.25) is 9.40 Å². The number of rotatable bonds is 7. The second-order valence-corrected chi connectivity index (χ2v) is 6.84. The molecule has 3 N–H and O–H groups in total. The zero-order valence-corrected chi connectivity index (χ0v) is 14.1. The van der Waals surface area contributed by atoms with Crippen molar-refractivity contribution in [2.45, 2.75) is 24.2 Å². The molecular formula is C14H17F3N4O3S. The summed E-state index contributed by atoms with van der Waals surface area (Å²) in [4.78, 5) is -0.171. The Hall–Kier alpha value is -2.11. The molecule has 2 rings (SSSR count). The van der Waals surface area contributed by atoms with Gasteiger partial charge < -0.3 is 10.5 Å². The molecule has 1 heterocycles. The fourth-order valence-corrected chi connectivity index (χ4v) is 3.03. The van der Waals surface area contributed by atoms with Crippen LogP contribution in [0.3, 0.4) is 0 Å². The van der Waals surface area contributed by atoms with E-state index in [9.17, 15) is 21.6 Å². The maximum Gasteiger partial charge on any atom is 0.416 e. The molecule has 0 bridgehead atoms. The number of aromatic nitrogens is 2. The number of nitrogens with zero attached hydrogens (tertiary/aromatic N) is 2. The van der Waals surface area contributed by atoms with Gasteiger partial charge in [0.05, 0.1) is 24.9 Å². The van der Waals surface area contributed by atoms with Gasteiger partial charge in [0.15, 0.2) is 0 Å². The lowest BCUT2D eigenvalue weighted by atomic mass is 10.1.